The lowest BCUT2D eigenvalue weighted by molar-refractivity contribution is 0.577. The summed E-state index contributed by atoms with van der Waals surface area (Å²) in [7, 11) is 0. The Bertz CT molecular complexity index is 274. The average Bonchev–Trinajstić information content (AvgIpc) is 2.74. The molecular weight excluding hydrogens is 160 g/mol. The maximum absolute atomic E-state index is 3.79. The Morgan fingerprint density at radius 1 is 1.50 bits per heavy atom. The van der Waals surface area contributed by atoms with Crippen molar-refractivity contribution in [2.75, 3.05) is 0 Å². The van der Waals surface area contributed by atoms with E-state index in [-0.39, 0.29) is 0 Å². The molecule has 0 aromatic carbocycles. The predicted octanol–water partition coefficient (Wildman–Crippen LogP) is -1.57. The van der Waals surface area contributed by atoms with Crippen molar-refractivity contribution in [3.05, 3.63) is 12.2 Å². The van der Waals surface area contributed by atoms with Crippen molar-refractivity contribution in [1.29, 1.82) is 0 Å². The molecule has 0 aliphatic rings. The van der Waals surface area contributed by atoms with E-state index >= 15 is 0 Å². The van der Waals surface area contributed by atoms with Crippen LogP contribution in [-0.4, -0.2) is 40.8 Å². The topological polar surface area (TPSA) is 98.1 Å². The predicted molar refractivity (Wildman–Crippen MR) is 35.7 cm³/mol. The number of rotatable bonds is 3. The fraction of sp³-hybridized carbons (Fsp3) is 0.500. The second-order valence-corrected chi connectivity index (χ2v) is 2.15. The van der Waals surface area contributed by atoms with E-state index in [9.17, 15) is 0 Å². The van der Waals surface area contributed by atoms with E-state index in [2.05, 4.69) is 36.1 Å². The van der Waals surface area contributed by atoms with Gasteiger partial charge in [-0.25, -0.2) is 4.68 Å². The zero-order valence-electron chi connectivity index (χ0n) is 6.12. The van der Waals surface area contributed by atoms with Crippen LogP contribution in [0, 0.1) is 0 Å². The molecule has 1 N–H and O–H groups in total. The Morgan fingerprint density at radius 3 is 3.17 bits per heavy atom. The van der Waals surface area contributed by atoms with Gasteiger partial charge >= 0.3 is 0 Å². The first kappa shape index (κ1) is 6.83. The zero-order valence-corrected chi connectivity index (χ0v) is 6.12. The molecule has 0 saturated carbocycles. The summed E-state index contributed by atoms with van der Waals surface area (Å²) in [6.45, 7) is 0.659. The minimum Gasteiger partial charge on any atom is -0.232 e. The molecule has 2 rings (SSSR count). The van der Waals surface area contributed by atoms with Crippen LogP contribution in [0.4, 0.5) is 0 Å². The lowest BCUT2D eigenvalue weighted by atomic mass is 10.4. The van der Waals surface area contributed by atoms with Gasteiger partial charge in [0.25, 0.3) is 0 Å². The Kier molecular flexibility index (Phi) is 1.72. The molecule has 0 bridgehead atoms. The number of hydrogen-bond acceptors (Lipinski definition) is 6. The smallest absolute Gasteiger partial charge is 0.176 e. The summed E-state index contributed by atoms with van der Waals surface area (Å²) in [4.78, 5) is 0. The lowest BCUT2D eigenvalue weighted by Gasteiger charge is -1.92. The second kappa shape index (κ2) is 3.03. The summed E-state index contributed by atoms with van der Waals surface area (Å²) in [6, 6.07) is 0. The van der Waals surface area contributed by atoms with Gasteiger partial charge in [-0.15, -0.1) is 15.3 Å². The maximum Gasteiger partial charge on any atom is 0.176 e. The first-order chi connectivity index (χ1) is 5.95. The van der Waals surface area contributed by atoms with Gasteiger partial charge < -0.3 is 0 Å². The number of hydrogen-bond donors (Lipinski definition) is 1. The Morgan fingerprint density at radius 2 is 2.50 bits per heavy atom. The first-order valence-corrected chi connectivity index (χ1v) is 3.38. The van der Waals surface area contributed by atoms with Crippen molar-refractivity contribution in [1.82, 2.24) is 40.8 Å². The van der Waals surface area contributed by atoms with E-state index in [1.54, 1.807) is 11.0 Å². The van der Waals surface area contributed by atoms with Crippen molar-refractivity contribution >= 4 is 0 Å². The number of aryl methyl sites for hydroxylation is 2. The van der Waals surface area contributed by atoms with E-state index in [1.807, 2.05) is 0 Å². The van der Waals surface area contributed by atoms with Gasteiger partial charge in [0.15, 0.2) is 5.82 Å². The van der Waals surface area contributed by atoms with Crippen LogP contribution in [-0.2, 0) is 13.0 Å². The molecule has 8 nitrogen and oxygen atoms in total. The summed E-state index contributed by atoms with van der Waals surface area (Å²) in [5, 5.41) is 24.0. The highest BCUT2D eigenvalue weighted by molar-refractivity contribution is 4.74. The summed E-state index contributed by atoms with van der Waals surface area (Å²) in [5.41, 5.74) is 0. The first-order valence-electron chi connectivity index (χ1n) is 3.38. The molecule has 2 aromatic rings. The van der Waals surface area contributed by atoms with Crippen LogP contribution in [0.2, 0.25) is 0 Å². The van der Waals surface area contributed by atoms with Gasteiger partial charge in [0.2, 0.25) is 0 Å². The van der Waals surface area contributed by atoms with Crippen LogP contribution < -0.4 is 0 Å². The standard InChI is InChI=1S/C4H6N8/c1(4-6-9-10-7-4)2-12-3-5-8-11-12/h3H,1-2H2,(H,6,7,9,10). The van der Waals surface area contributed by atoms with Gasteiger partial charge in [0, 0.05) is 6.42 Å². The average molecular weight is 166 g/mol. The minimum atomic E-state index is 0.658. The third-order valence-electron chi connectivity index (χ3n) is 1.35. The minimum absolute atomic E-state index is 0.658. The van der Waals surface area contributed by atoms with Gasteiger partial charge in [-0.05, 0) is 10.4 Å². The van der Waals surface area contributed by atoms with E-state index in [1.165, 1.54) is 0 Å². The summed E-state index contributed by atoms with van der Waals surface area (Å²) < 4.78 is 1.61. The molecular formula is C4H6N8. The normalized spacial score (nSPS) is 10.3. The fourth-order valence-corrected chi connectivity index (χ4v) is 0.786. The highest BCUT2D eigenvalue weighted by Gasteiger charge is 1.98. The number of nitrogens with zero attached hydrogens (tertiary/aromatic N) is 7. The van der Waals surface area contributed by atoms with Crippen LogP contribution >= 0.6 is 0 Å². The van der Waals surface area contributed by atoms with Gasteiger partial charge in [0.05, 0.1) is 6.54 Å². The number of nitrogens with one attached hydrogen (secondary N) is 1. The van der Waals surface area contributed by atoms with Gasteiger partial charge in [-0.1, -0.05) is 5.21 Å². The third-order valence-corrected chi connectivity index (χ3v) is 1.35. The molecule has 2 aromatic heterocycles. The molecule has 0 aliphatic carbocycles. The van der Waals surface area contributed by atoms with Crippen LogP contribution in [0.1, 0.15) is 5.82 Å². The highest BCUT2D eigenvalue weighted by atomic mass is 15.5. The fourth-order valence-electron chi connectivity index (χ4n) is 0.786. The zero-order chi connectivity index (χ0) is 8.23. The van der Waals surface area contributed by atoms with Crippen molar-refractivity contribution in [2.24, 2.45) is 0 Å². The van der Waals surface area contributed by atoms with E-state index in [0.29, 0.717) is 18.8 Å². The molecule has 12 heavy (non-hydrogen) atoms. The molecule has 0 fully saturated rings. The van der Waals surface area contributed by atoms with E-state index in [4.69, 9.17) is 0 Å². The quantitative estimate of drug-likeness (QED) is 0.591. The number of aromatic amines is 1. The Labute approximate surface area is 67.0 Å². The van der Waals surface area contributed by atoms with Crippen LogP contribution in [0.5, 0.6) is 0 Å². The molecule has 0 unspecified atom stereocenters. The summed E-state index contributed by atoms with van der Waals surface area (Å²) >= 11 is 0. The second-order valence-electron chi connectivity index (χ2n) is 2.15. The van der Waals surface area contributed by atoms with Crippen molar-refractivity contribution in [3.8, 4) is 0 Å². The monoisotopic (exact) mass is 166 g/mol. The van der Waals surface area contributed by atoms with Crippen molar-refractivity contribution in [3.63, 3.8) is 0 Å². The SMILES string of the molecule is c1nnnn1CCc1nn[nH]n1. The molecule has 0 radical (unpaired) electrons. The molecule has 2 heterocycles. The molecule has 0 aliphatic heterocycles. The molecule has 8 heteroatoms. The molecule has 62 valence electrons. The van der Waals surface area contributed by atoms with E-state index in [0.717, 1.165) is 0 Å². The Hall–Kier alpha value is -1.86. The highest BCUT2D eigenvalue weighted by Crippen LogP contribution is 1.88. The Balaban J connectivity index is 1.91. The third kappa shape index (κ3) is 1.41. The number of aromatic nitrogens is 8. The van der Waals surface area contributed by atoms with Crippen LogP contribution in [0.15, 0.2) is 6.33 Å². The largest absolute Gasteiger partial charge is 0.232 e. The number of tetrazole rings is 2. The maximum atomic E-state index is 3.79. The lowest BCUT2D eigenvalue weighted by Crippen LogP contribution is -2.03. The molecule has 0 amide bonds. The van der Waals surface area contributed by atoms with Crippen molar-refractivity contribution in [2.45, 2.75) is 13.0 Å². The molecule has 0 atom stereocenters. The van der Waals surface area contributed by atoms with Crippen LogP contribution in [0.3, 0.4) is 0 Å². The molecule has 0 spiro atoms. The van der Waals surface area contributed by atoms with Gasteiger partial charge in [-0.2, -0.15) is 5.21 Å². The van der Waals surface area contributed by atoms with E-state index < -0.39 is 0 Å². The molecule has 0 saturated heterocycles. The van der Waals surface area contributed by atoms with Crippen LogP contribution in [0.25, 0.3) is 0 Å². The summed E-state index contributed by atoms with van der Waals surface area (Å²) in [5.74, 6) is 0.658. The number of H-pyrrole nitrogens is 1. The van der Waals surface area contributed by atoms with Gasteiger partial charge in [0.1, 0.15) is 6.33 Å². The van der Waals surface area contributed by atoms with Gasteiger partial charge in [-0.3, -0.25) is 0 Å². The summed E-state index contributed by atoms with van der Waals surface area (Å²) in [6.07, 6.45) is 2.21. The van der Waals surface area contributed by atoms with Crippen molar-refractivity contribution < 1.29 is 0 Å².